The maximum atomic E-state index is 13.3. The van der Waals surface area contributed by atoms with Gasteiger partial charge in [0.05, 0.1) is 22.4 Å². The highest BCUT2D eigenvalue weighted by molar-refractivity contribution is 6.32. The second-order valence-corrected chi connectivity index (χ2v) is 6.80. The number of halogens is 2. The van der Waals surface area contributed by atoms with Crippen LogP contribution in [0.3, 0.4) is 0 Å². The molecule has 0 radical (unpaired) electrons. The second kappa shape index (κ2) is 8.68. The van der Waals surface area contributed by atoms with Crippen LogP contribution in [0.5, 0.6) is 0 Å². The molecule has 1 aromatic carbocycles. The minimum atomic E-state index is -0.138. The molecule has 0 aliphatic carbocycles. The Kier molecular flexibility index (Phi) is 6.28. The number of piperazine rings is 1. The second-order valence-electron chi connectivity index (χ2n) is 6.39. The van der Waals surface area contributed by atoms with Crippen molar-refractivity contribution in [2.24, 2.45) is 0 Å². The van der Waals surface area contributed by atoms with Gasteiger partial charge >= 0.3 is 0 Å². The average molecular weight is 419 g/mol. The fourth-order valence-electron chi connectivity index (χ4n) is 3.33. The molecule has 1 amide bonds. The predicted octanol–water partition coefficient (Wildman–Crippen LogP) is 2.83. The van der Waals surface area contributed by atoms with E-state index in [9.17, 15) is 4.79 Å². The fraction of sp³-hybridized carbons (Fsp3) is 0.263. The first-order valence-corrected chi connectivity index (χ1v) is 9.13. The van der Waals surface area contributed by atoms with Crippen molar-refractivity contribution in [1.82, 2.24) is 30.2 Å². The third-order valence-electron chi connectivity index (χ3n) is 4.75. The first-order valence-electron chi connectivity index (χ1n) is 8.75. The van der Waals surface area contributed by atoms with Crippen molar-refractivity contribution in [3.8, 4) is 5.69 Å². The summed E-state index contributed by atoms with van der Waals surface area (Å²) in [6.07, 6.45) is 3.52. The van der Waals surface area contributed by atoms with E-state index in [0.29, 0.717) is 35.2 Å². The van der Waals surface area contributed by atoms with Gasteiger partial charge in [-0.15, -0.1) is 17.5 Å². The minimum Gasteiger partial charge on any atom is -0.328 e. The molecule has 0 spiro atoms. The topological polar surface area (TPSA) is 75.9 Å². The van der Waals surface area contributed by atoms with Crippen LogP contribution in [0.15, 0.2) is 48.8 Å². The number of carbonyl (C=O) groups excluding carboxylic acids is 1. The Balaban J connectivity index is 0.00000225. The van der Waals surface area contributed by atoms with Crippen molar-refractivity contribution >= 4 is 29.9 Å². The van der Waals surface area contributed by atoms with Gasteiger partial charge in [0, 0.05) is 32.0 Å². The van der Waals surface area contributed by atoms with Crippen LogP contribution in [0.2, 0.25) is 5.02 Å². The number of benzene rings is 1. The van der Waals surface area contributed by atoms with Gasteiger partial charge < -0.3 is 10.2 Å². The molecule has 28 heavy (non-hydrogen) atoms. The highest BCUT2D eigenvalue weighted by Gasteiger charge is 2.31. The molecular formula is C19H20Cl2N6O. The Labute approximate surface area is 174 Å². The van der Waals surface area contributed by atoms with Gasteiger partial charge in [-0.05, 0) is 30.7 Å². The van der Waals surface area contributed by atoms with E-state index in [-0.39, 0.29) is 24.4 Å². The van der Waals surface area contributed by atoms with Crippen molar-refractivity contribution in [3.63, 3.8) is 0 Å². The molecule has 1 unspecified atom stereocenters. The highest BCUT2D eigenvalue weighted by Crippen LogP contribution is 2.25. The summed E-state index contributed by atoms with van der Waals surface area (Å²) in [4.78, 5) is 19.3. The van der Waals surface area contributed by atoms with Crippen molar-refractivity contribution in [2.45, 2.75) is 13.0 Å². The molecule has 1 N–H and O–H groups in total. The van der Waals surface area contributed by atoms with Gasteiger partial charge in [-0.3, -0.25) is 9.78 Å². The van der Waals surface area contributed by atoms with E-state index in [0.717, 1.165) is 12.1 Å². The number of aromatic nitrogens is 4. The predicted molar refractivity (Wildman–Crippen MR) is 109 cm³/mol. The molecule has 0 saturated carbocycles. The van der Waals surface area contributed by atoms with Crippen LogP contribution in [0.4, 0.5) is 0 Å². The fourth-order valence-corrected chi connectivity index (χ4v) is 3.55. The van der Waals surface area contributed by atoms with Crippen LogP contribution in [0.1, 0.15) is 27.8 Å². The monoisotopic (exact) mass is 418 g/mol. The van der Waals surface area contributed by atoms with Gasteiger partial charge in [-0.25, -0.2) is 4.68 Å². The number of carbonyl (C=O) groups is 1. The Morgan fingerprint density at radius 3 is 2.82 bits per heavy atom. The number of hydrogen-bond acceptors (Lipinski definition) is 5. The molecule has 7 nitrogen and oxygen atoms in total. The molecule has 3 aromatic rings. The lowest BCUT2D eigenvalue weighted by Crippen LogP contribution is -2.49. The third-order valence-corrected chi connectivity index (χ3v) is 5.07. The summed E-state index contributed by atoms with van der Waals surface area (Å²) < 4.78 is 1.61. The lowest BCUT2D eigenvalue weighted by molar-refractivity contribution is 0.0627. The normalized spacial score (nSPS) is 16.5. The van der Waals surface area contributed by atoms with Gasteiger partial charge in [0.1, 0.15) is 0 Å². The molecule has 1 atom stereocenters. The largest absolute Gasteiger partial charge is 0.328 e. The first-order chi connectivity index (χ1) is 13.2. The molecule has 4 rings (SSSR count). The zero-order valence-corrected chi connectivity index (χ0v) is 16.8. The van der Waals surface area contributed by atoms with E-state index in [1.807, 2.05) is 42.2 Å². The number of hydrogen-bond donors (Lipinski definition) is 1. The lowest BCUT2D eigenvalue weighted by Gasteiger charge is -2.36. The summed E-state index contributed by atoms with van der Waals surface area (Å²) in [6, 6.07) is 11.1. The molecule has 9 heteroatoms. The molecule has 1 saturated heterocycles. The van der Waals surface area contributed by atoms with E-state index in [4.69, 9.17) is 11.6 Å². The van der Waals surface area contributed by atoms with Crippen LogP contribution in [0.25, 0.3) is 5.69 Å². The zero-order valence-electron chi connectivity index (χ0n) is 15.2. The van der Waals surface area contributed by atoms with Gasteiger partial charge in [-0.1, -0.05) is 35.0 Å². The Morgan fingerprint density at radius 1 is 1.25 bits per heavy atom. The summed E-state index contributed by atoms with van der Waals surface area (Å²) in [6.45, 7) is 3.84. The number of pyridine rings is 1. The van der Waals surface area contributed by atoms with Crippen molar-refractivity contribution < 1.29 is 4.79 Å². The minimum absolute atomic E-state index is 0. The Bertz CT molecular complexity index is 962. The van der Waals surface area contributed by atoms with Gasteiger partial charge in [0.2, 0.25) is 0 Å². The standard InChI is InChI=1S/C19H19ClN6O.ClH/c1-13-18(23-24-26(13)16-7-3-2-6-15(16)20)19(27)25-10-9-22-12-17(25)14-5-4-8-21-11-14;/h2-8,11,17,22H,9-10,12H2,1H3;1H. The Hall–Kier alpha value is -2.48. The SMILES string of the molecule is Cc1c(C(=O)N2CCNCC2c2cccnc2)nnn1-c1ccccc1Cl.Cl. The van der Waals surface area contributed by atoms with E-state index < -0.39 is 0 Å². The zero-order chi connectivity index (χ0) is 18.8. The van der Waals surface area contributed by atoms with Crippen molar-refractivity contribution in [2.75, 3.05) is 19.6 Å². The van der Waals surface area contributed by atoms with Crippen LogP contribution in [-0.2, 0) is 0 Å². The maximum Gasteiger partial charge on any atom is 0.276 e. The quantitative estimate of drug-likeness (QED) is 0.707. The van der Waals surface area contributed by atoms with Gasteiger partial charge in [0.25, 0.3) is 5.91 Å². The van der Waals surface area contributed by atoms with Gasteiger partial charge in [0.15, 0.2) is 5.69 Å². The summed E-state index contributed by atoms with van der Waals surface area (Å²) in [5.41, 5.74) is 2.70. The van der Waals surface area contributed by atoms with Crippen molar-refractivity contribution in [3.05, 3.63) is 70.8 Å². The summed E-state index contributed by atoms with van der Waals surface area (Å²) in [5, 5.41) is 12.2. The lowest BCUT2D eigenvalue weighted by atomic mass is 10.0. The highest BCUT2D eigenvalue weighted by atomic mass is 35.5. The Morgan fingerprint density at radius 2 is 2.07 bits per heavy atom. The molecule has 1 aliphatic heterocycles. The van der Waals surface area contributed by atoms with E-state index in [1.54, 1.807) is 23.1 Å². The number of nitrogens with one attached hydrogen (secondary N) is 1. The molecule has 0 bridgehead atoms. The van der Waals surface area contributed by atoms with Crippen LogP contribution in [-0.4, -0.2) is 50.4 Å². The number of para-hydroxylation sites is 1. The average Bonchev–Trinajstić information content (AvgIpc) is 3.09. The first kappa shape index (κ1) is 20.3. The van der Waals surface area contributed by atoms with E-state index >= 15 is 0 Å². The van der Waals surface area contributed by atoms with E-state index in [1.165, 1.54) is 0 Å². The number of rotatable bonds is 3. The third kappa shape index (κ3) is 3.73. The number of nitrogens with zero attached hydrogens (tertiary/aromatic N) is 5. The van der Waals surface area contributed by atoms with Crippen LogP contribution >= 0.6 is 24.0 Å². The molecule has 3 heterocycles. The summed E-state index contributed by atoms with van der Waals surface area (Å²) in [7, 11) is 0. The van der Waals surface area contributed by atoms with Crippen LogP contribution < -0.4 is 5.32 Å². The number of amides is 1. The molecule has 1 fully saturated rings. The smallest absolute Gasteiger partial charge is 0.276 e. The van der Waals surface area contributed by atoms with E-state index in [2.05, 4.69) is 20.6 Å². The van der Waals surface area contributed by atoms with Crippen molar-refractivity contribution in [1.29, 1.82) is 0 Å². The summed E-state index contributed by atoms with van der Waals surface area (Å²) in [5.74, 6) is -0.138. The van der Waals surface area contributed by atoms with Gasteiger partial charge in [-0.2, -0.15) is 0 Å². The molecular weight excluding hydrogens is 399 g/mol. The molecule has 146 valence electrons. The molecule has 2 aromatic heterocycles. The maximum absolute atomic E-state index is 13.3. The molecule has 1 aliphatic rings. The summed E-state index contributed by atoms with van der Waals surface area (Å²) >= 11 is 6.27. The van der Waals surface area contributed by atoms with Crippen LogP contribution in [0, 0.1) is 6.92 Å².